The Morgan fingerprint density at radius 3 is 2.79 bits per heavy atom. The minimum absolute atomic E-state index is 0.466. The molecule has 1 unspecified atom stereocenters. The molecule has 0 bridgehead atoms. The second-order valence-electron chi connectivity index (χ2n) is 4.64. The van der Waals surface area contributed by atoms with E-state index in [2.05, 4.69) is 61.1 Å². The van der Waals surface area contributed by atoms with Crippen molar-refractivity contribution in [1.82, 2.24) is 9.97 Å². The summed E-state index contributed by atoms with van der Waals surface area (Å²) >= 11 is 9.49. The van der Waals surface area contributed by atoms with E-state index in [0.29, 0.717) is 11.1 Å². The van der Waals surface area contributed by atoms with Gasteiger partial charge in [0, 0.05) is 19.0 Å². The number of anilines is 1. The van der Waals surface area contributed by atoms with Crippen LogP contribution in [0.4, 0.5) is 5.82 Å². The lowest BCUT2D eigenvalue weighted by Gasteiger charge is -2.19. The fraction of sp³-hybridized carbons (Fsp3) is 0.286. The fourth-order valence-corrected chi connectivity index (χ4v) is 3.09. The van der Waals surface area contributed by atoms with E-state index >= 15 is 0 Å². The van der Waals surface area contributed by atoms with Gasteiger partial charge in [0.25, 0.3) is 0 Å². The Labute approximate surface area is 125 Å². The SMILES string of the molecule is Clc1ncnc(N2CCC(c3ccccc3)C2)c1Br. The maximum Gasteiger partial charge on any atom is 0.148 e. The molecule has 1 saturated heterocycles. The largest absolute Gasteiger partial charge is 0.355 e. The van der Waals surface area contributed by atoms with Crippen LogP contribution in [-0.2, 0) is 0 Å². The summed E-state index contributed by atoms with van der Waals surface area (Å²) < 4.78 is 0.783. The molecule has 5 heteroatoms. The van der Waals surface area contributed by atoms with Crippen molar-refractivity contribution in [2.45, 2.75) is 12.3 Å². The Kier molecular flexibility index (Phi) is 3.71. The van der Waals surface area contributed by atoms with E-state index in [1.54, 1.807) is 0 Å². The topological polar surface area (TPSA) is 29.0 Å². The standard InChI is InChI=1S/C14H13BrClN3/c15-12-13(16)17-9-18-14(12)19-7-6-11(8-19)10-4-2-1-3-5-10/h1-5,9,11H,6-8H2. The van der Waals surface area contributed by atoms with Crippen molar-refractivity contribution in [2.24, 2.45) is 0 Å². The number of hydrogen-bond donors (Lipinski definition) is 0. The quantitative estimate of drug-likeness (QED) is 0.778. The molecule has 2 heterocycles. The number of rotatable bonds is 2. The highest BCUT2D eigenvalue weighted by atomic mass is 79.9. The molecule has 1 aromatic carbocycles. The van der Waals surface area contributed by atoms with Gasteiger partial charge in [-0.2, -0.15) is 0 Å². The normalized spacial score (nSPS) is 18.8. The summed E-state index contributed by atoms with van der Waals surface area (Å²) in [5, 5.41) is 0.466. The van der Waals surface area contributed by atoms with Crippen LogP contribution in [0.15, 0.2) is 41.1 Å². The minimum atomic E-state index is 0.466. The Bertz CT molecular complexity index is 576. The van der Waals surface area contributed by atoms with Gasteiger partial charge in [-0.1, -0.05) is 41.9 Å². The molecule has 1 aliphatic heterocycles. The second kappa shape index (κ2) is 5.47. The van der Waals surface area contributed by atoms with Crippen molar-refractivity contribution < 1.29 is 0 Å². The van der Waals surface area contributed by atoms with Crippen LogP contribution in [0.2, 0.25) is 5.15 Å². The first kappa shape index (κ1) is 12.9. The lowest BCUT2D eigenvalue weighted by Crippen LogP contribution is -2.21. The van der Waals surface area contributed by atoms with Gasteiger partial charge in [0.1, 0.15) is 17.3 Å². The Morgan fingerprint density at radius 2 is 2.00 bits per heavy atom. The van der Waals surface area contributed by atoms with E-state index in [1.807, 2.05) is 0 Å². The molecule has 0 radical (unpaired) electrons. The first-order valence-corrected chi connectivity index (χ1v) is 7.38. The zero-order valence-corrected chi connectivity index (χ0v) is 12.6. The average molecular weight is 339 g/mol. The zero-order valence-electron chi connectivity index (χ0n) is 10.3. The van der Waals surface area contributed by atoms with Crippen molar-refractivity contribution in [2.75, 3.05) is 18.0 Å². The van der Waals surface area contributed by atoms with Crippen LogP contribution in [0.25, 0.3) is 0 Å². The van der Waals surface area contributed by atoms with Gasteiger partial charge >= 0.3 is 0 Å². The van der Waals surface area contributed by atoms with E-state index < -0.39 is 0 Å². The minimum Gasteiger partial charge on any atom is -0.355 e. The van der Waals surface area contributed by atoms with E-state index in [-0.39, 0.29) is 0 Å². The van der Waals surface area contributed by atoms with Gasteiger partial charge in [0.05, 0.1) is 4.47 Å². The number of hydrogen-bond acceptors (Lipinski definition) is 3. The summed E-state index contributed by atoms with van der Waals surface area (Å²) in [7, 11) is 0. The molecule has 0 amide bonds. The smallest absolute Gasteiger partial charge is 0.148 e. The van der Waals surface area contributed by atoms with Crippen LogP contribution in [0.3, 0.4) is 0 Å². The van der Waals surface area contributed by atoms with Crippen molar-refractivity contribution in [3.63, 3.8) is 0 Å². The average Bonchev–Trinajstić information content (AvgIpc) is 2.92. The van der Waals surface area contributed by atoms with Crippen LogP contribution >= 0.6 is 27.5 Å². The summed E-state index contributed by atoms with van der Waals surface area (Å²) in [6, 6.07) is 10.6. The van der Waals surface area contributed by atoms with Crippen LogP contribution in [0.1, 0.15) is 17.9 Å². The summed E-state index contributed by atoms with van der Waals surface area (Å²) in [5.74, 6) is 1.44. The molecule has 3 nitrogen and oxygen atoms in total. The molecule has 2 aromatic rings. The molecule has 1 aliphatic rings. The molecule has 0 aliphatic carbocycles. The van der Waals surface area contributed by atoms with Crippen molar-refractivity contribution in [1.29, 1.82) is 0 Å². The third kappa shape index (κ3) is 2.60. The van der Waals surface area contributed by atoms with Crippen LogP contribution in [-0.4, -0.2) is 23.1 Å². The van der Waals surface area contributed by atoms with Gasteiger partial charge in [-0.15, -0.1) is 0 Å². The maximum absolute atomic E-state index is 6.02. The van der Waals surface area contributed by atoms with E-state index in [1.165, 1.54) is 11.9 Å². The summed E-state index contributed by atoms with van der Waals surface area (Å²) in [6.45, 7) is 1.96. The van der Waals surface area contributed by atoms with Crippen molar-refractivity contribution in [3.05, 3.63) is 51.8 Å². The summed E-state index contributed by atoms with van der Waals surface area (Å²) in [4.78, 5) is 10.6. The summed E-state index contributed by atoms with van der Waals surface area (Å²) in [5.41, 5.74) is 1.39. The van der Waals surface area contributed by atoms with Crippen molar-refractivity contribution >= 4 is 33.3 Å². The summed E-state index contributed by atoms with van der Waals surface area (Å²) in [6.07, 6.45) is 2.65. The third-order valence-electron chi connectivity index (χ3n) is 3.49. The number of aromatic nitrogens is 2. The number of nitrogens with zero attached hydrogens (tertiary/aromatic N) is 3. The van der Waals surface area contributed by atoms with Gasteiger partial charge in [-0.3, -0.25) is 0 Å². The molecule has 0 saturated carbocycles. The van der Waals surface area contributed by atoms with Crippen LogP contribution < -0.4 is 4.90 Å². The third-order valence-corrected chi connectivity index (χ3v) is 4.73. The molecule has 3 rings (SSSR count). The van der Waals surface area contributed by atoms with Crippen molar-refractivity contribution in [3.8, 4) is 0 Å². The lowest BCUT2D eigenvalue weighted by molar-refractivity contribution is 0.774. The molecule has 0 spiro atoms. The highest BCUT2D eigenvalue weighted by Crippen LogP contribution is 2.35. The molecule has 19 heavy (non-hydrogen) atoms. The Balaban J connectivity index is 1.81. The van der Waals surface area contributed by atoms with E-state index in [0.717, 1.165) is 29.8 Å². The van der Waals surface area contributed by atoms with E-state index in [4.69, 9.17) is 11.6 Å². The highest BCUT2D eigenvalue weighted by Gasteiger charge is 2.26. The predicted octanol–water partition coefficient (Wildman–Crippen LogP) is 3.89. The van der Waals surface area contributed by atoms with Crippen LogP contribution in [0, 0.1) is 0 Å². The molecule has 1 fully saturated rings. The fourth-order valence-electron chi connectivity index (χ4n) is 2.51. The number of benzene rings is 1. The van der Waals surface area contributed by atoms with Gasteiger partial charge in [0.2, 0.25) is 0 Å². The first-order valence-electron chi connectivity index (χ1n) is 6.21. The lowest BCUT2D eigenvalue weighted by atomic mass is 9.99. The number of halogens is 2. The molecular weight excluding hydrogens is 326 g/mol. The molecular formula is C14H13BrClN3. The Morgan fingerprint density at radius 1 is 1.21 bits per heavy atom. The molecule has 0 N–H and O–H groups in total. The second-order valence-corrected chi connectivity index (χ2v) is 5.80. The van der Waals surface area contributed by atoms with E-state index in [9.17, 15) is 0 Å². The maximum atomic E-state index is 6.02. The highest BCUT2D eigenvalue weighted by molar-refractivity contribution is 9.10. The van der Waals surface area contributed by atoms with Gasteiger partial charge < -0.3 is 4.90 Å². The Hall–Kier alpha value is -1.13. The first-order chi connectivity index (χ1) is 9.25. The monoisotopic (exact) mass is 337 g/mol. The van der Waals surface area contributed by atoms with Gasteiger partial charge in [-0.25, -0.2) is 9.97 Å². The molecule has 1 aromatic heterocycles. The zero-order chi connectivity index (χ0) is 13.2. The van der Waals surface area contributed by atoms with Gasteiger partial charge in [0.15, 0.2) is 0 Å². The molecule has 98 valence electrons. The molecule has 1 atom stereocenters. The van der Waals surface area contributed by atoms with Crippen LogP contribution in [0.5, 0.6) is 0 Å². The predicted molar refractivity (Wildman–Crippen MR) is 80.8 cm³/mol. The van der Waals surface area contributed by atoms with Gasteiger partial charge in [-0.05, 0) is 27.9 Å².